The maximum absolute atomic E-state index is 11.2. The summed E-state index contributed by atoms with van der Waals surface area (Å²) in [6.07, 6.45) is 7.18. The van der Waals surface area contributed by atoms with E-state index in [0.717, 1.165) is 25.2 Å². The number of hydrogen-bond donors (Lipinski definition) is 1. The Balaban J connectivity index is 2.05. The van der Waals surface area contributed by atoms with Crippen molar-refractivity contribution in [2.45, 2.75) is 25.3 Å². The van der Waals surface area contributed by atoms with Gasteiger partial charge in [0.1, 0.15) is 9.84 Å². The topological polar surface area (TPSA) is 64.0 Å². The monoisotopic (exact) mass is 257 g/mol. The van der Waals surface area contributed by atoms with Crippen LogP contribution in [-0.4, -0.2) is 43.1 Å². The van der Waals surface area contributed by atoms with Gasteiger partial charge in [-0.05, 0) is 19.4 Å². The van der Waals surface area contributed by atoms with Gasteiger partial charge in [-0.1, -0.05) is 0 Å². The lowest BCUT2D eigenvalue weighted by Crippen LogP contribution is -2.29. The van der Waals surface area contributed by atoms with Crippen LogP contribution in [0.4, 0.5) is 0 Å². The van der Waals surface area contributed by atoms with Crippen LogP contribution in [0.25, 0.3) is 0 Å². The van der Waals surface area contributed by atoms with Crippen LogP contribution in [0.15, 0.2) is 12.5 Å². The minimum Gasteiger partial charge on any atom is -0.333 e. The van der Waals surface area contributed by atoms with Gasteiger partial charge in [0.25, 0.3) is 0 Å². The van der Waals surface area contributed by atoms with Gasteiger partial charge >= 0.3 is 0 Å². The lowest BCUT2D eigenvalue weighted by molar-refractivity contribution is 0.442. The SMILES string of the molecule is CS(=O)(=O)CCn1cncc1C1CCCNC1. The van der Waals surface area contributed by atoms with Gasteiger partial charge in [0.2, 0.25) is 0 Å². The highest BCUT2D eigenvalue weighted by atomic mass is 32.2. The molecule has 0 aliphatic carbocycles. The second kappa shape index (κ2) is 5.18. The van der Waals surface area contributed by atoms with E-state index < -0.39 is 9.84 Å². The van der Waals surface area contributed by atoms with Crippen molar-refractivity contribution >= 4 is 9.84 Å². The third-order valence-electron chi connectivity index (χ3n) is 3.16. The zero-order chi connectivity index (χ0) is 12.3. The van der Waals surface area contributed by atoms with Crippen molar-refractivity contribution in [1.82, 2.24) is 14.9 Å². The number of hydrogen-bond acceptors (Lipinski definition) is 4. The summed E-state index contributed by atoms with van der Waals surface area (Å²) < 4.78 is 24.3. The van der Waals surface area contributed by atoms with Crippen LogP contribution in [0, 0.1) is 0 Å². The smallest absolute Gasteiger partial charge is 0.149 e. The number of aryl methyl sites for hydroxylation is 1. The summed E-state index contributed by atoms with van der Waals surface area (Å²) in [5.74, 6) is 0.641. The predicted molar refractivity (Wildman–Crippen MR) is 66.8 cm³/mol. The molecule has 6 heteroatoms. The van der Waals surface area contributed by atoms with E-state index in [4.69, 9.17) is 0 Å². The Morgan fingerprint density at radius 1 is 1.59 bits per heavy atom. The Labute approximate surface area is 102 Å². The van der Waals surface area contributed by atoms with E-state index in [1.54, 1.807) is 6.33 Å². The largest absolute Gasteiger partial charge is 0.333 e. The Bertz CT molecular complexity index is 461. The van der Waals surface area contributed by atoms with Gasteiger partial charge in [-0.3, -0.25) is 0 Å². The van der Waals surface area contributed by atoms with Crippen molar-refractivity contribution in [3.05, 3.63) is 18.2 Å². The number of nitrogens with zero attached hydrogens (tertiary/aromatic N) is 2. The molecule has 0 aromatic carbocycles. The first kappa shape index (κ1) is 12.6. The molecule has 17 heavy (non-hydrogen) atoms. The van der Waals surface area contributed by atoms with Gasteiger partial charge in [0.15, 0.2) is 0 Å². The molecule has 0 bridgehead atoms. The van der Waals surface area contributed by atoms with E-state index >= 15 is 0 Å². The minimum atomic E-state index is -2.91. The summed E-state index contributed by atoms with van der Waals surface area (Å²) in [4.78, 5) is 4.14. The number of aromatic nitrogens is 2. The van der Waals surface area contributed by atoms with E-state index in [9.17, 15) is 8.42 Å². The lowest BCUT2D eigenvalue weighted by Gasteiger charge is -2.23. The van der Waals surface area contributed by atoms with Crippen LogP contribution in [0.5, 0.6) is 0 Å². The average Bonchev–Trinajstić information content (AvgIpc) is 2.75. The lowest BCUT2D eigenvalue weighted by atomic mass is 9.96. The van der Waals surface area contributed by atoms with Gasteiger partial charge in [0, 0.05) is 37.2 Å². The van der Waals surface area contributed by atoms with Crippen molar-refractivity contribution in [3.8, 4) is 0 Å². The van der Waals surface area contributed by atoms with E-state index in [0.29, 0.717) is 12.5 Å². The Morgan fingerprint density at radius 2 is 2.41 bits per heavy atom. The van der Waals surface area contributed by atoms with Crippen LogP contribution >= 0.6 is 0 Å². The van der Waals surface area contributed by atoms with Crippen LogP contribution in [0.2, 0.25) is 0 Å². The quantitative estimate of drug-likeness (QED) is 0.848. The minimum absolute atomic E-state index is 0.177. The highest BCUT2D eigenvalue weighted by Gasteiger charge is 2.19. The Hall–Kier alpha value is -0.880. The number of piperidine rings is 1. The summed E-state index contributed by atoms with van der Waals surface area (Å²) in [7, 11) is -2.91. The molecule has 0 amide bonds. The predicted octanol–water partition coefficient (Wildman–Crippen LogP) is 0.395. The molecule has 1 atom stereocenters. The summed E-state index contributed by atoms with van der Waals surface area (Å²) in [6, 6.07) is 0. The summed E-state index contributed by atoms with van der Waals surface area (Å²) in [6.45, 7) is 2.54. The van der Waals surface area contributed by atoms with Crippen molar-refractivity contribution in [3.63, 3.8) is 0 Å². The second-order valence-electron chi connectivity index (χ2n) is 4.69. The molecule has 1 fully saturated rings. The third-order valence-corrected chi connectivity index (χ3v) is 4.09. The van der Waals surface area contributed by atoms with E-state index in [-0.39, 0.29) is 5.75 Å². The van der Waals surface area contributed by atoms with Crippen LogP contribution in [-0.2, 0) is 16.4 Å². The van der Waals surface area contributed by atoms with Gasteiger partial charge in [-0.15, -0.1) is 0 Å². The maximum Gasteiger partial charge on any atom is 0.149 e. The van der Waals surface area contributed by atoms with E-state index in [2.05, 4.69) is 10.3 Å². The molecule has 0 saturated carbocycles. The fourth-order valence-electron chi connectivity index (χ4n) is 2.23. The molecule has 1 unspecified atom stereocenters. The van der Waals surface area contributed by atoms with Gasteiger partial charge < -0.3 is 9.88 Å². The third kappa shape index (κ3) is 3.54. The molecule has 0 spiro atoms. The van der Waals surface area contributed by atoms with Gasteiger partial charge in [-0.25, -0.2) is 13.4 Å². The highest BCUT2D eigenvalue weighted by molar-refractivity contribution is 7.90. The zero-order valence-corrected chi connectivity index (χ0v) is 10.9. The Kier molecular flexibility index (Phi) is 3.83. The first-order valence-electron chi connectivity index (χ1n) is 5.95. The number of imidazole rings is 1. The molecule has 0 radical (unpaired) electrons. The van der Waals surface area contributed by atoms with Crippen LogP contribution in [0.1, 0.15) is 24.5 Å². The van der Waals surface area contributed by atoms with Crippen molar-refractivity contribution < 1.29 is 8.42 Å². The number of nitrogens with one attached hydrogen (secondary N) is 1. The van der Waals surface area contributed by atoms with E-state index in [1.807, 2.05) is 10.8 Å². The highest BCUT2D eigenvalue weighted by Crippen LogP contribution is 2.22. The standard InChI is InChI=1S/C11H19N3O2S/c1-17(15,16)6-5-14-9-13-8-11(14)10-3-2-4-12-7-10/h8-10,12H,2-7H2,1H3. The Morgan fingerprint density at radius 3 is 3.06 bits per heavy atom. The molecule has 1 aromatic rings. The molecule has 1 saturated heterocycles. The molecular weight excluding hydrogens is 238 g/mol. The maximum atomic E-state index is 11.2. The van der Waals surface area contributed by atoms with Gasteiger partial charge in [0.05, 0.1) is 12.1 Å². The van der Waals surface area contributed by atoms with Crippen LogP contribution in [0.3, 0.4) is 0 Å². The molecule has 5 nitrogen and oxygen atoms in total. The fraction of sp³-hybridized carbons (Fsp3) is 0.727. The van der Waals surface area contributed by atoms with E-state index in [1.165, 1.54) is 12.7 Å². The number of rotatable bonds is 4. The van der Waals surface area contributed by atoms with Crippen molar-refractivity contribution in [2.75, 3.05) is 25.1 Å². The fourth-order valence-corrected chi connectivity index (χ4v) is 2.75. The summed E-state index contributed by atoms with van der Waals surface area (Å²) in [5, 5.41) is 3.36. The average molecular weight is 257 g/mol. The molecule has 1 aliphatic heterocycles. The number of sulfone groups is 1. The second-order valence-corrected chi connectivity index (χ2v) is 6.94. The van der Waals surface area contributed by atoms with Gasteiger partial charge in [-0.2, -0.15) is 0 Å². The molecule has 1 aromatic heterocycles. The zero-order valence-electron chi connectivity index (χ0n) is 10.1. The molecule has 96 valence electrons. The summed E-state index contributed by atoms with van der Waals surface area (Å²) in [5.41, 5.74) is 1.15. The molecular formula is C11H19N3O2S. The van der Waals surface area contributed by atoms with Crippen molar-refractivity contribution in [2.24, 2.45) is 0 Å². The summed E-state index contributed by atoms with van der Waals surface area (Å²) >= 11 is 0. The van der Waals surface area contributed by atoms with Crippen molar-refractivity contribution in [1.29, 1.82) is 0 Å². The molecule has 2 heterocycles. The van der Waals surface area contributed by atoms with Crippen LogP contribution < -0.4 is 5.32 Å². The first-order chi connectivity index (χ1) is 8.06. The molecule has 1 N–H and O–H groups in total. The molecule has 2 rings (SSSR count). The normalized spacial score (nSPS) is 21.6. The first-order valence-corrected chi connectivity index (χ1v) is 8.01. The molecule has 1 aliphatic rings.